The number of esters is 1. The van der Waals surface area contributed by atoms with Crippen LogP contribution in [0.4, 0.5) is 13.2 Å². The molecule has 1 saturated carbocycles. The molecule has 0 bridgehead atoms. The van der Waals surface area contributed by atoms with Crippen LogP contribution in [0.1, 0.15) is 25.7 Å². The number of hydrogen-bond donors (Lipinski definition) is 1. The summed E-state index contributed by atoms with van der Waals surface area (Å²) >= 11 is 0. The van der Waals surface area contributed by atoms with Crippen molar-refractivity contribution in [1.82, 2.24) is 0 Å². The largest absolute Gasteiger partial charge is 0.467 e. The molecule has 88 valence electrons. The molecule has 0 heterocycles. The quantitative estimate of drug-likeness (QED) is 0.726. The normalized spacial score (nSPS) is 22.5. The number of methoxy groups -OCH3 is 1. The molecule has 0 aliphatic heterocycles. The van der Waals surface area contributed by atoms with Gasteiger partial charge in [0.1, 0.15) is 0 Å². The van der Waals surface area contributed by atoms with E-state index in [2.05, 4.69) is 4.74 Å². The molecule has 1 fully saturated rings. The zero-order valence-electron chi connectivity index (χ0n) is 8.43. The third kappa shape index (κ3) is 1.95. The molecule has 1 aliphatic carbocycles. The Bertz CT molecular complexity index is 248. The molecule has 0 aromatic carbocycles. The van der Waals surface area contributed by atoms with Crippen LogP contribution in [0, 0.1) is 5.92 Å². The Kier molecular flexibility index (Phi) is 3.28. The van der Waals surface area contributed by atoms with Gasteiger partial charge in [0.05, 0.1) is 7.11 Å². The molecule has 0 saturated heterocycles. The van der Waals surface area contributed by atoms with E-state index in [1.807, 2.05) is 0 Å². The Labute approximate surface area is 85.8 Å². The molecule has 2 N–H and O–H groups in total. The zero-order valence-corrected chi connectivity index (χ0v) is 8.43. The van der Waals surface area contributed by atoms with E-state index in [9.17, 15) is 18.0 Å². The second-order valence-corrected chi connectivity index (χ2v) is 3.84. The summed E-state index contributed by atoms with van der Waals surface area (Å²) in [7, 11) is 0.921. The van der Waals surface area contributed by atoms with Crippen LogP contribution in [-0.2, 0) is 9.53 Å². The SMILES string of the molecule is COC(=O)C(N)(C1CCCC1)C(F)(F)F. The third-order valence-corrected chi connectivity index (χ3v) is 2.99. The van der Waals surface area contributed by atoms with Gasteiger partial charge in [-0.25, -0.2) is 4.79 Å². The maximum Gasteiger partial charge on any atom is 0.417 e. The molecule has 0 aromatic heterocycles. The number of alkyl halides is 3. The van der Waals surface area contributed by atoms with E-state index in [1.54, 1.807) is 0 Å². The van der Waals surface area contributed by atoms with Gasteiger partial charge in [0, 0.05) is 0 Å². The highest BCUT2D eigenvalue weighted by atomic mass is 19.4. The van der Waals surface area contributed by atoms with Crippen LogP contribution >= 0.6 is 0 Å². The summed E-state index contributed by atoms with van der Waals surface area (Å²) < 4.78 is 42.5. The lowest BCUT2D eigenvalue weighted by Crippen LogP contribution is -2.64. The van der Waals surface area contributed by atoms with Gasteiger partial charge in [0.15, 0.2) is 0 Å². The number of carbonyl (C=O) groups excluding carboxylic acids is 1. The minimum absolute atomic E-state index is 0.325. The number of ether oxygens (including phenoxy) is 1. The van der Waals surface area contributed by atoms with Crippen LogP contribution < -0.4 is 5.73 Å². The molecule has 1 rings (SSSR count). The summed E-state index contributed by atoms with van der Waals surface area (Å²) in [6.45, 7) is 0. The summed E-state index contributed by atoms with van der Waals surface area (Å²) in [5.74, 6) is -2.24. The van der Waals surface area contributed by atoms with E-state index in [-0.39, 0.29) is 0 Å². The molecule has 0 spiro atoms. The lowest BCUT2D eigenvalue weighted by Gasteiger charge is -2.34. The van der Waals surface area contributed by atoms with Crippen LogP contribution in [0.3, 0.4) is 0 Å². The molecule has 1 aliphatic rings. The molecule has 15 heavy (non-hydrogen) atoms. The lowest BCUT2D eigenvalue weighted by molar-refractivity contribution is -0.214. The highest BCUT2D eigenvalue weighted by Crippen LogP contribution is 2.42. The van der Waals surface area contributed by atoms with Crippen LogP contribution in [-0.4, -0.2) is 24.8 Å². The van der Waals surface area contributed by atoms with Crippen molar-refractivity contribution in [3.8, 4) is 0 Å². The first-order valence-electron chi connectivity index (χ1n) is 4.78. The molecular formula is C9H14F3NO2. The second-order valence-electron chi connectivity index (χ2n) is 3.84. The molecular weight excluding hydrogens is 211 g/mol. The van der Waals surface area contributed by atoms with E-state index in [4.69, 9.17) is 5.73 Å². The minimum atomic E-state index is -4.75. The predicted octanol–water partition coefficient (Wildman–Crippen LogP) is 1.61. The number of hydrogen-bond acceptors (Lipinski definition) is 3. The molecule has 1 unspecified atom stereocenters. The zero-order chi connectivity index (χ0) is 11.7. The highest BCUT2D eigenvalue weighted by molar-refractivity contribution is 5.82. The number of nitrogens with two attached hydrogens (primary N) is 1. The fourth-order valence-electron chi connectivity index (χ4n) is 2.06. The molecule has 0 radical (unpaired) electrons. The van der Waals surface area contributed by atoms with Crippen molar-refractivity contribution in [3.63, 3.8) is 0 Å². The van der Waals surface area contributed by atoms with Gasteiger partial charge < -0.3 is 10.5 Å². The third-order valence-electron chi connectivity index (χ3n) is 2.99. The van der Waals surface area contributed by atoms with Crippen LogP contribution in [0.2, 0.25) is 0 Å². The minimum Gasteiger partial charge on any atom is -0.467 e. The summed E-state index contributed by atoms with van der Waals surface area (Å²) in [5.41, 5.74) is 2.40. The van der Waals surface area contributed by atoms with Crippen LogP contribution in [0.5, 0.6) is 0 Å². The molecule has 1 atom stereocenters. The smallest absolute Gasteiger partial charge is 0.417 e. The van der Waals surface area contributed by atoms with Gasteiger partial charge in [-0.3, -0.25) is 0 Å². The Hall–Kier alpha value is -0.780. The fraction of sp³-hybridized carbons (Fsp3) is 0.889. The van der Waals surface area contributed by atoms with E-state index >= 15 is 0 Å². The molecule has 6 heteroatoms. The maximum absolute atomic E-state index is 12.8. The van der Waals surface area contributed by atoms with Crippen molar-refractivity contribution < 1.29 is 22.7 Å². The average molecular weight is 225 g/mol. The van der Waals surface area contributed by atoms with Gasteiger partial charge in [-0.1, -0.05) is 12.8 Å². The van der Waals surface area contributed by atoms with E-state index in [0.717, 1.165) is 7.11 Å². The Morgan fingerprint density at radius 2 is 1.80 bits per heavy atom. The maximum atomic E-state index is 12.8. The van der Waals surface area contributed by atoms with Gasteiger partial charge in [-0.15, -0.1) is 0 Å². The van der Waals surface area contributed by atoms with E-state index in [0.29, 0.717) is 25.7 Å². The average Bonchev–Trinajstić information content (AvgIpc) is 2.66. The van der Waals surface area contributed by atoms with Crippen molar-refractivity contribution in [2.75, 3.05) is 7.11 Å². The lowest BCUT2D eigenvalue weighted by atomic mass is 9.82. The first-order valence-corrected chi connectivity index (χ1v) is 4.78. The summed E-state index contributed by atoms with van der Waals surface area (Å²) in [4.78, 5) is 11.2. The van der Waals surface area contributed by atoms with E-state index in [1.165, 1.54) is 0 Å². The Morgan fingerprint density at radius 3 is 2.13 bits per heavy atom. The first-order chi connectivity index (χ1) is 6.84. The van der Waals surface area contributed by atoms with Gasteiger partial charge in [-0.2, -0.15) is 13.2 Å². The summed E-state index contributed by atoms with van der Waals surface area (Å²) in [6, 6.07) is 0. The number of halogens is 3. The monoisotopic (exact) mass is 225 g/mol. The summed E-state index contributed by atoms with van der Waals surface area (Å²) in [6.07, 6.45) is -2.75. The van der Waals surface area contributed by atoms with Crippen LogP contribution in [0.25, 0.3) is 0 Å². The van der Waals surface area contributed by atoms with Gasteiger partial charge >= 0.3 is 12.1 Å². The topological polar surface area (TPSA) is 52.3 Å². The van der Waals surface area contributed by atoms with Crippen LogP contribution in [0.15, 0.2) is 0 Å². The molecule has 0 amide bonds. The second kappa shape index (κ2) is 4.00. The van der Waals surface area contributed by atoms with E-state index < -0.39 is 23.6 Å². The standard InChI is InChI=1S/C9H14F3NO2/c1-15-7(14)8(13,9(10,11)12)6-4-2-3-5-6/h6H,2-5,13H2,1H3. The van der Waals surface area contributed by atoms with Gasteiger partial charge in [0.2, 0.25) is 5.54 Å². The van der Waals surface area contributed by atoms with Crippen molar-refractivity contribution in [2.45, 2.75) is 37.4 Å². The van der Waals surface area contributed by atoms with Crippen molar-refractivity contribution >= 4 is 5.97 Å². The van der Waals surface area contributed by atoms with Crippen molar-refractivity contribution in [3.05, 3.63) is 0 Å². The number of carbonyl (C=O) groups is 1. The molecule has 0 aromatic rings. The Balaban J connectivity index is 3.00. The number of rotatable bonds is 2. The predicted molar refractivity (Wildman–Crippen MR) is 46.9 cm³/mol. The van der Waals surface area contributed by atoms with Gasteiger partial charge in [-0.05, 0) is 18.8 Å². The first kappa shape index (κ1) is 12.3. The van der Waals surface area contributed by atoms with Crippen molar-refractivity contribution in [1.29, 1.82) is 0 Å². The van der Waals surface area contributed by atoms with Crippen molar-refractivity contribution in [2.24, 2.45) is 11.7 Å². The highest BCUT2D eigenvalue weighted by Gasteiger charge is 2.63. The van der Waals surface area contributed by atoms with Gasteiger partial charge in [0.25, 0.3) is 0 Å². The summed E-state index contributed by atoms with van der Waals surface area (Å²) in [5, 5.41) is 0. The molecule has 3 nitrogen and oxygen atoms in total. The fourth-order valence-corrected chi connectivity index (χ4v) is 2.06. The Morgan fingerprint density at radius 1 is 1.33 bits per heavy atom.